The molecule has 0 unspecified atom stereocenters. The Kier molecular flexibility index (Phi) is 7.25. The number of hydrogen-bond acceptors (Lipinski definition) is 5. The molecule has 0 bridgehead atoms. The van der Waals surface area contributed by atoms with E-state index in [0.29, 0.717) is 12.2 Å². The standard InChI is InChI=1S/C23H29N3O3/c1-4-29-21-10-7-18(8-11-21)23(27)25-24-17(2)19-9-12-22(28-3)20(15-19)16-26-13-5-6-14-26/h7-12,15H,4-6,13-14,16H2,1-3H3,(H,25,27)/b24-17-. The molecular formula is C23H29N3O3. The number of benzene rings is 2. The van der Waals surface area contributed by atoms with Crippen molar-refractivity contribution in [3.8, 4) is 11.5 Å². The summed E-state index contributed by atoms with van der Waals surface area (Å²) < 4.78 is 10.9. The molecular weight excluding hydrogens is 366 g/mol. The highest BCUT2D eigenvalue weighted by molar-refractivity contribution is 6.01. The number of hydrazone groups is 1. The summed E-state index contributed by atoms with van der Waals surface area (Å²) in [4.78, 5) is 14.8. The fourth-order valence-corrected chi connectivity index (χ4v) is 3.44. The van der Waals surface area contributed by atoms with Crippen LogP contribution in [0, 0.1) is 0 Å². The largest absolute Gasteiger partial charge is 0.496 e. The number of nitrogens with zero attached hydrogens (tertiary/aromatic N) is 2. The van der Waals surface area contributed by atoms with Gasteiger partial charge >= 0.3 is 0 Å². The van der Waals surface area contributed by atoms with Crippen LogP contribution in [0.5, 0.6) is 11.5 Å². The monoisotopic (exact) mass is 395 g/mol. The lowest BCUT2D eigenvalue weighted by Gasteiger charge is -2.17. The van der Waals surface area contributed by atoms with Gasteiger partial charge in [0.2, 0.25) is 0 Å². The summed E-state index contributed by atoms with van der Waals surface area (Å²) in [7, 11) is 1.69. The highest BCUT2D eigenvalue weighted by Gasteiger charge is 2.15. The third-order valence-corrected chi connectivity index (χ3v) is 5.04. The highest BCUT2D eigenvalue weighted by Crippen LogP contribution is 2.24. The van der Waals surface area contributed by atoms with Crippen LogP contribution in [0.15, 0.2) is 47.6 Å². The maximum atomic E-state index is 12.4. The summed E-state index contributed by atoms with van der Waals surface area (Å²) in [6.45, 7) is 7.52. The second-order valence-corrected chi connectivity index (χ2v) is 7.11. The quantitative estimate of drug-likeness (QED) is 0.545. The van der Waals surface area contributed by atoms with Gasteiger partial charge in [-0.15, -0.1) is 0 Å². The summed E-state index contributed by atoms with van der Waals surface area (Å²) in [5, 5.41) is 4.29. The van der Waals surface area contributed by atoms with Crippen LogP contribution in [-0.4, -0.2) is 43.3 Å². The predicted octanol–water partition coefficient (Wildman–Crippen LogP) is 3.84. The van der Waals surface area contributed by atoms with E-state index < -0.39 is 0 Å². The zero-order valence-corrected chi connectivity index (χ0v) is 17.4. The Labute approximate surface area is 172 Å². The summed E-state index contributed by atoms with van der Waals surface area (Å²) in [5.41, 5.74) is 6.02. The molecule has 2 aromatic rings. The fraction of sp³-hybridized carbons (Fsp3) is 0.391. The highest BCUT2D eigenvalue weighted by atomic mass is 16.5. The van der Waals surface area contributed by atoms with E-state index in [1.807, 2.05) is 26.0 Å². The summed E-state index contributed by atoms with van der Waals surface area (Å²) >= 11 is 0. The lowest BCUT2D eigenvalue weighted by atomic mass is 10.1. The van der Waals surface area contributed by atoms with Crippen LogP contribution in [0.2, 0.25) is 0 Å². The zero-order chi connectivity index (χ0) is 20.6. The van der Waals surface area contributed by atoms with E-state index in [0.717, 1.165) is 48.0 Å². The number of ether oxygens (including phenoxy) is 2. The minimum atomic E-state index is -0.252. The van der Waals surface area contributed by atoms with E-state index >= 15 is 0 Å². The molecule has 1 N–H and O–H groups in total. The molecule has 1 amide bonds. The molecule has 0 radical (unpaired) electrons. The fourth-order valence-electron chi connectivity index (χ4n) is 3.44. The average molecular weight is 396 g/mol. The summed E-state index contributed by atoms with van der Waals surface area (Å²) in [6.07, 6.45) is 2.50. The lowest BCUT2D eigenvalue weighted by molar-refractivity contribution is 0.0955. The first kappa shape index (κ1) is 20.9. The average Bonchev–Trinajstić information content (AvgIpc) is 3.25. The number of carbonyl (C=O) groups is 1. The summed E-state index contributed by atoms with van der Waals surface area (Å²) in [6, 6.07) is 13.0. The van der Waals surface area contributed by atoms with Crippen LogP contribution in [-0.2, 0) is 6.54 Å². The van der Waals surface area contributed by atoms with Crippen LogP contribution in [0.1, 0.15) is 48.2 Å². The van der Waals surface area contributed by atoms with Crippen LogP contribution in [0.4, 0.5) is 0 Å². The second kappa shape index (κ2) is 10.1. The molecule has 1 aliphatic heterocycles. The Bertz CT molecular complexity index is 856. The number of amides is 1. The van der Waals surface area contributed by atoms with Gasteiger partial charge in [-0.1, -0.05) is 0 Å². The molecule has 0 spiro atoms. The maximum absolute atomic E-state index is 12.4. The lowest BCUT2D eigenvalue weighted by Crippen LogP contribution is -2.20. The molecule has 6 nitrogen and oxygen atoms in total. The Balaban J connectivity index is 1.68. The number of likely N-dealkylation sites (tertiary alicyclic amines) is 1. The van der Waals surface area contributed by atoms with Gasteiger partial charge in [-0.25, -0.2) is 5.43 Å². The number of hydrogen-bond donors (Lipinski definition) is 1. The molecule has 1 aliphatic rings. The van der Waals surface area contributed by atoms with Gasteiger partial charge in [0, 0.05) is 17.7 Å². The van der Waals surface area contributed by atoms with Crippen molar-refractivity contribution in [3.63, 3.8) is 0 Å². The third-order valence-electron chi connectivity index (χ3n) is 5.04. The molecule has 0 atom stereocenters. The number of nitrogens with one attached hydrogen (secondary N) is 1. The van der Waals surface area contributed by atoms with Crippen molar-refractivity contribution in [1.29, 1.82) is 0 Å². The smallest absolute Gasteiger partial charge is 0.271 e. The van der Waals surface area contributed by atoms with Crippen LogP contribution >= 0.6 is 0 Å². The normalized spacial score (nSPS) is 14.7. The van der Waals surface area contributed by atoms with Gasteiger partial charge < -0.3 is 9.47 Å². The number of methoxy groups -OCH3 is 1. The molecule has 0 aromatic heterocycles. The van der Waals surface area contributed by atoms with E-state index in [1.165, 1.54) is 12.8 Å². The molecule has 2 aromatic carbocycles. The van der Waals surface area contributed by atoms with E-state index in [1.54, 1.807) is 31.4 Å². The number of carbonyl (C=O) groups excluding carboxylic acids is 1. The zero-order valence-electron chi connectivity index (χ0n) is 17.4. The van der Waals surface area contributed by atoms with Gasteiger partial charge in [0.1, 0.15) is 11.5 Å². The Morgan fingerprint density at radius 1 is 1.10 bits per heavy atom. The summed E-state index contributed by atoms with van der Waals surface area (Å²) in [5.74, 6) is 1.37. The minimum absolute atomic E-state index is 0.252. The Morgan fingerprint density at radius 2 is 1.79 bits per heavy atom. The van der Waals surface area contributed by atoms with Gasteiger partial charge in [0.15, 0.2) is 0 Å². The van der Waals surface area contributed by atoms with Crippen LogP contribution in [0.25, 0.3) is 0 Å². The van der Waals surface area contributed by atoms with Gasteiger partial charge in [0.25, 0.3) is 5.91 Å². The van der Waals surface area contributed by atoms with E-state index in [2.05, 4.69) is 21.5 Å². The molecule has 6 heteroatoms. The third kappa shape index (κ3) is 5.57. The molecule has 1 heterocycles. The van der Waals surface area contributed by atoms with Crippen LogP contribution in [0.3, 0.4) is 0 Å². The van der Waals surface area contributed by atoms with Crippen molar-refractivity contribution >= 4 is 11.6 Å². The number of rotatable bonds is 8. The van der Waals surface area contributed by atoms with Crippen molar-refractivity contribution in [2.24, 2.45) is 5.10 Å². The first-order valence-electron chi connectivity index (χ1n) is 10.1. The molecule has 3 rings (SSSR count). The van der Waals surface area contributed by atoms with E-state index in [-0.39, 0.29) is 5.91 Å². The van der Waals surface area contributed by atoms with Crippen molar-refractivity contribution in [1.82, 2.24) is 10.3 Å². The van der Waals surface area contributed by atoms with Crippen molar-refractivity contribution in [2.45, 2.75) is 33.2 Å². The minimum Gasteiger partial charge on any atom is -0.496 e. The van der Waals surface area contributed by atoms with Gasteiger partial charge in [-0.05, 0) is 87.8 Å². The molecule has 0 saturated carbocycles. The molecule has 154 valence electrons. The Morgan fingerprint density at radius 3 is 2.45 bits per heavy atom. The van der Waals surface area contributed by atoms with Gasteiger partial charge in [-0.3, -0.25) is 9.69 Å². The SMILES string of the molecule is CCOc1ccc(C(=O)N/N=C(/C)c2ccc(OC)c(CN3CCCC3)c2)cc1. The van der Waals surface area contributed by atoms with Crippen molar-refractivity contribution < 1.29 is 14.3 Å². The van der Waals surface area contributed by atoms with Gasteiger partial charge in [-0.2, -0.15) is 5.10 Å². The maximum Gasteiger partial charge on any atom is 0.271 e. The van der Waals surface area contributed by atoms with Gasteiger partial charge in [0.05, 0.1) is 19.4 Å². The van der Waals surface area contributed by atoms with Crippen molar-refractivity contribution in [3.05, 3.63) is 59.2 Å². The van der Waals surface area contributed by atoms with E-state index in [9.17, 15) is 4.79 Å². The first-order chi connectivity index (χ1) is 14.1. The topological polar surface area (TPSA) is 63.2 Å². The molecule has 1 saturated heterocycles. The second-order valence-electron chi connectivity index (χ2n) is 7.11. The Hall–Kier alpha value is -2.86. The molecule has 1 fully saturated rings. The van der Waals surface area contributed by atoms with E-state index in [4.69, 9.17) is 9.47 Å². The molecule has 29 heavy (non-hydrogen) atoms. The predicted molar refractivity (Wildman–Crippen MR) is 115 cm³/mol. The van der Waals surface area contributed by atoms with Crippen molar-refractivity contribution in [2.75, 3.05) is 26.8 Å². The first-order valence-corrected chi connectivity index (χ1v) is 10.1. The van der Waals surface area contributed by atoms with Crippen LogP contribution < -0.4 is 14.9 Å². The molecule has 0 aliphatic carbocycles.